The maximum atomic E-state index is 13.3. The Morgan fingerprint density at radius 3 is 2.58 bits per heavy atom. The zero-order valence-electron chi connectivity index (χ0n) is 17.1. The number of carbonyl (C=O) groups excluding carboxylic acids is 1. The van der Waals surface area contributed by atoms with Gasteiger partial charge in [-0.3, -0.25) is 9.59 Å². The molecule has 2 aromatic carbocycles. The molecule has 1 fully saturated rings. The van der Waals surface area contributed by atoms with Gasteiger partial charge in [0.15, 0.2) is 5.16 Å². The minimum absolute atomic E-state index is 0.0677. The third-order valence-corrected chi connectivity index (χ3v) is 7.52. The summed E-state index contributed by atoms with van der Waals surface area (Å²) in [5.41, 5.74) is 4.50. The fourth-order valence-electron chi connectivity index (χ4n) is 5.11. The van der Waals surface area contributed by atoms with Gasteiger partial charge in [-0.25, -0.2) is 4.98 Å². The SMILES string of the molecule is O=C(Cc1ccc(Cl)cc1)Sc1nc2c(c(=O)[nH]1)C1(CCCCC1)Cc1ccccc1-2. The first-order valence-electron chi connectivity index (χ1n) is 10.7. The Morgan fingerprint density at radius 1 is 1.06 bits per heavy atom. The van der Waals surface area contributed by atoms with Gasteiger partial charge in [-0.05, 0) is 54.3 Å². The summed E-state index contributed by atoms with van der Waals surface area (Å²) in [4.78, 5) is 33.7. The molecule has 0 saturated heterocycles. The van der Waals surface area contributed by atoms with Crippen LogP contribution in [0.2, 0.25) is 5.02 Å². The Bertz CT molecular complexity index is 1200. The average Bonchev–Trinajstić information content (AvgIpc) is 2.75. The van der Waals surface area contributed by atoms with Crippen molar-refractivity contribution in [2.45, 2.75) is 55.5 Å². The number of thioether (sulfide) groups is 1. The molecule has 31 heavy (non-hydrogen) atoms. The standard InChI is InChI=1S/C25H23ClN2O2S/c26-18-10-8-16(9-11-18)14-20(29)31-24-27-22-19-7-3-2-6-17(19)15-25(12-4-1-5-13-25)21(22)23(30)28-24/h2-3,6-11H,1,4-5,12-15H2,(H,27,28,30). The van der Waals surface area contributed by atoms with Crippen molar-refractivity contribution in [1.29, 1.82) is 0 Å². The van der Waals surface area contributed by atoms with Crippen LogP contribution in [0.15, 0.2) is 58.5 Å². The summed E-state index contributed by atoms with van der Waals surface area (Å²) in [6.07, 6.45) is 6.67. The van der Waals surface area contributed by atoms with Crippen molar-refractivity contribution in [3.8, 4) is 11.3 Å². The highest BCUT2D eigenvalue weighted by molar-refractivity contribution is 8.13. The van der Waals surface area contributed by atoms with Crippen LogP contribution in [0.5, 0.6) is 0 Å². The third kappa shape index (κ3) is 3.97. The van der Waals surface area contributed by atoms with Crippen LogP contribution in [0.25, 0.3) is 11.3 Å². The van der Waals surface area contributed by atoms with Crippen LogP contribution >= 0.6 is 23.4 Å². The first-order chi connectivity index (χ1) is 15.0. The van der Waals surface area contributed by atoms with Crippen LogP contribution in [0.1, 0.15) is 48.8 Å². The molecule has 2 aliphatic rings. The summed E-state index contributed by atoms with van der Waals surface area (Å²) in [5, 5.41) is 0.937. The number of nitrogens with one attached hydrogen (secondary N) is 1. The number of halogens is 1. The summed E-state index contributed by atoms with van der Waals surface area (Å²) in [6, 6.07) is 15.5. The maximum Gasteiger partial charge on any atom is 0.255 e. The molecule has 0 unspecified atom stereocenters. The van der Waals surface area contributed by atoms with E-state index in [1.807, 2.05) is 24.3 Å². The number of hydrogen-bond acceptors (Lipinski definition) is 4. The minimum Gasteiger partial charge on any atom is -0.301 e. The lowest BCUT2D eigenvalue weighted by Crippen LogP contribution is -2.40. The Kier molecular flexibility index (Phi) is 5.49. The van der Waals surface area contributed by atoms with Crippen LogP contribution in [0.3, 0.4) is 0 Å². The van der Waals surface area contributed by atoms with E-state index in [1.54, 1.807) is 12.1 Å². The summed E-state index contributed by atoms with van der Waals surface area (Å²) >= 11 is 6.93. The normalized spacial score (nSPS) is 16.5. The van der Waals surface area contributed by atoms with Crippen molar-refractivity contribution in [2.24, 2.45) is 0 Å². The third-order valence-electron chi connectivity index (χ3n) is 6.51. The topological polar surface area (TPSA) is 62.8 Å². The Morgan fingerprint density at radius 2 is 1.81 bits per heavy atom. The van der Waals surface area contributed by atoms with Crippen molar-refractivity contribution in [1.82, 2.24) is 9.97 Å². The molecule has 0 bridgehead atoms. The van der Waals surface area contributed by atoms with Gasteiger partial charge >= 0.3 is 0 Å². The highest BCUT2D eigenvalue weighted by Crippen LogP contribution is 2.48. The van der Waals surface area contributed by atoms with E-state index in [-0.39, 0.29) is 22.5 Å². The largest absolute Gasteiger partial charge is 0.301 e. The Balaban J connectivity index is 1.51. The molecule has 6 heteroatoms. The quantitative estimate of drug-likeness (QED) is 0.410. The van der Waals surface area contributed by atoms with Gasteiger partial charge in [-0.2, -0.15) is 0 Å². The van der Waals surface area contributed by atoms with Crippen LogP contribution in [0.4, 0.5) is 0 Å². The van der Waals surface area contributed by atoms with Gasteiger partial charge in [-0.1, -0.05) is 67.3 Å². The second kappa shape index (κ2) is 8.29. The van der Waals surface area contributed by atoms with Gasteiger partial charge in [-0.15, -0.1) is 0 Å². The first kappa shape index (κ1) is 20.5. The zero-order valence-corrected chi connectivity index (χ0v) is 18.7. The lowest BCUT2D eigenvalue weighted by molar-refractivity contribution is -0.110. The van der Waals surface area contributed by atoms with E-state index in [0.717, 1.165) is 66.3 Å². The molecule has 1 spiro atoms. The van der Waals surface area contributed by atoms with E-state index in [4.69, 9.17) is 16.6 Å². The minimum atomic E-state index is -0.140. The molecule has 0 radical (unpaired) electrons. The van der Waals surface area contributed by atoms with E-state index in [2.05, 4.69) is 17.1 Å². The molecule has 1 saturated carbocycles. The summed E-state index contributed by atoms with van der Waals surface area (Å²) in [5.74, 6) is 0. The van der Waals surface area contributed by atoms with Crippen molar-refractivity contribution >= 4 is 28.5 Å². The number of rotatable bonds is 3. The van der Waals surface area contributed by atoms with Crippen molar-refractivity contribution in [3.05, 3.63) is 80.6 Å². The lowest BCUT2D eigenvalue weighted by atomic mass is 9.62. The molecular formula is C25H23ClN2O2S. The van der Waals surface area contributed by atoms with Crippen molar-refractivity contribution in [2.75, 3.05) is 0 Å². The molecular weight excluding hydrogens is 428 g/mol. The van der Waals surface area contributed by atoms with Crippen LogP contribution in [0, 0.1) is 0 Å². The van der Waals surface area contributed by atoms with Crippen LogP contribution < -0.4 is 5.56 Å². The molecule has 1 aromatic heterocycles. The highest BCUT2D eigenvalue weighted by atomic mass is 35.5. The molecule has 1 N–H and O–H groups in total. The van der Waals surface area contributed by atoms with Crippen molar-refractivity contribution in [3.63, 3.8) is 0 Å². The van der Waals surface area contributed by atoms with E-state index >= 15 is 0 Å². The summed E-state index contributed by atoms with van der Waals surface area (Å²) in [7, 11) is 0. The van der Waals surface area contributed by atoms with Crippen molar-refractivity contribution < 1.29 is 4.79 Å². The second-order valence-corrected chi connectivity index (χ2v) is 10.0. The molecule has 5 rings (SSSR count). The molecule has 4 nitrogen and oxygen atoms in total. The number of aromatic nitrogens is 2. The van der Waals surface area contributed by atoms with Gasteiger partial charge in [0.05, 0.1) is 11.3 Å². The molecule has 3 aromatic rings. The van der Waals surface area contributed by atoms with Gasteiger partial charge in [0, 0.05) is 22.4 Å². The van der Waals surface area contributed by atoms with Gasteiger partial charge < -0.3 is 4.98 Å². The molecule has 0 aliphatic heterocycles. The number of hydrogen-bond donors (Lipinski definition) is 1. The Hall–Kier alpha value is -2.37. The van der Waals surface area contributed by atoms with Gasteiger partial charge in [0.2, 0.25) is 5.12 Å². The zero-order chi connectivity index (χ0) is 21.4. The molecule has 0 amide bonds. The monoisotopic (exact) mass is 450 g/mol. The number of benzene rings is 2. The summed E-state index contributed by atoms with van der Waals surface area (Å²) < 4.78 is 0. The van der Waals surface area contributed by atoms with E-state index < -0.39 is 0 Å². The smallest absolute Gasteiger partial charge is 0.255 e. The van der Waals surface area contributed by atoms with Crippen LogP contribution in [-0.2, 0) is 23.1 Å². The van der Waals surface area contributed by atoms with E-state index in [1.165, 1.54) is 12.0 Å². The molecule has 158 valence electrons. The fourth-order valence-corrected chi connectivity index (χ4v) is 5.98. The molecule has 0 atom stereocenters. The summed E-state index contributed by atoms with van der Waals surface area (Å²) in [6.45, 7) is 0. The molecule has 2 aliphatic carbocycles. The van der Waals surface area contributed by atoms with Gasteiger partial charge in [0.25, 0.3) is 5.56 Å². The maximum absolute atomic E-state index is 13.3. The Labute approximate surface area is 190 Å². The highest BCUT2D eigenvalue weighted by Gasteiger charge is 2.42. The number of aromatic amines is 1. The predicted molar refractivity (Wildman–Crippen MR) is 125 cm³/mol. The van der Waals surface area contributed by atoms with Crippen LogP contribution in [-0.4, -0.2) is 15.1 Å². The molecule has 1 heterocycles. The average molecular weight is 451 g/mol. The van der Waals surface area contributed by atoms with E-state index in [9.17, 15) is 9.59 Å². The number of nitrogens with zero attached hydrogens (tertiary/aromatic N) is 1. The predicted octanol–water partition coefficient (Wildman–Crippen LogP) is 5.71. The number of carbonyl (C=O) groups is 1. The first-order valence-corrected chi connectivity index (χ1v) is 11.9. The fraction of sp³-hybridized carbons (Fsp3) is 0.320. The lowest BCUT2D eigenvalue weighted by Gasteiger charge is -2.41. The number of fused-ring (bicyclic) bond motifs is 4. The van der Waals surface area contributed by atoms with E-state index in [0.29, 0.717) is 10.2 Å². The number of H-pyrrole nitrogens is 1. The second-order valence-electron chi connectivity index (χ2n) is 8.55. The van der Waals surface area contributed by atoms with Gasteiger partial charge in [0.1, 0.15) is 0 Å².